The topological polar surface area (TPSA) is 3.01 Å². The molecule has 0 aromatic rings. The van der Waals surface area contributed by atoms with Crippen LogP contribution in [0.2, 0.25) is 0 Å². The lowest BCUT2D eigenvalue weighted by Crippen LogP contribution is -1.72. The van der Waals surface area contributed by atoms with Crippen molar-refractivity contribution in [2.24, 2.45) is 0 Å². The summed E-state index contributed by atoms with van der Waals surface area (Å²) >= 11 is 0. The van der Waals surface area contributed by atoms with Crippen LogP contribution in [0.15, 0.2) is 0 Å². The van der Waals surface area contributed by atoms with Crippen LogP contribution in [0.4, 0.5) is 0 Å². The van der Waals surface area contributed by atoms with E-state index >= 15 is 0 Å². The molecule has 0 atom stereocenters. The number of rotatable bonds is 1. The van der Waals surface area contributed by atoms with Gasteiger partial charge in [-0.1, -0.05) is 6.92 Å². The van der Waals surface area contributed by atoms with Gasteiger partial charge in [-0.25, -0.2) is 4.58 Å². The van der Waals surface area contributed by atoms with Crippen molar-refractivity contribution >= 4 is 5.71 Å². The normalized spacial score (nSPS) is 19.0. The van der Waals surface area contributed by atoms with Crippen molar-refractivity contribution in [2.75, 3.05) is 13.6 Å². The Kier molecular flexibility index (Phi) is 0.685. The SMILES string of the molecule is CCC1=[N+](C)C1. The van der Waals surface area contributed by atoms with E-state index in [4.69, 9.17) is 0 Å². The quantitative estimate of drug-likeness (QED) is 0.407. The summed E-state index contributed by atoms with van der Waals surface area (Å²) < 4.78 is 2.26. The molecule has 34 valence electrons. The van der Waals surface area contributed by atoms with Gasteiger partial charge in [-0.15, -0.1) is 0 Å². The fourth-order valence-electron chi connectivity index (χ4n) is 0.620. The van der Waals surface area contributed by atoms with Crippen LogP contribution in [0.3, 0.4) is 0 Å². The Hall–Kier alpha value is -0.330. The standard InChI is InChI=1S/C5H10N/c1-3-5-4-6(5)2/h3-4H2,1-2H3/q+1. The summed E-state index contributed by atoms with van der Waals surface area (Å²) in [5.74, 6) is 0. The molecular formula is C5H10N+. The molecule has 0 radical (unpaired) electrons. The highest BCUT2D eigenvalue weighted by molar-refractivity contribution is 5.87. The van der Waals surface area contributed by atoms with Gasteiger partial charge >= 0.3 is 0 Å². The third kappa shape index (κ3) is 0.445. The molecule has 0 spiro atoms. The predicted molar refractivity (Wildman–Crippen MR) is 26.3 cm³/mol. The minimum Gasteiger partial charge on any atom is -0.224 e. The van der Waals surface area contributed by atoms with Crippen molar-refractivity contribution in [1.29, 1.82) is 0 Å². The molecule has 0 aromatic heterocycles. The minimum atomic E-state index is 1.25. The van der Waals surface area contributed by atoms with E-state index in [9.17, 15) is 0 Å². The van der Waals surface area contributed by atoms with Crippen molar-refractivity contribution in [3.05, 3.63) is 0 Å². The Morgan fingerprint density at radius 2 is 2.33 bits per heavy atom. The number of hydrogen-bond donors (Lipinski definition) is 0. The van der Waals surface area contributed by atoms with Gasteiger partial charge in [-0.05, 0) is 0 Å². The summed E-state index contributed by atoms with van der Waals surface area (Å²) in [6, 6.07) is 0. The monoisotopic (exact) mass is 84.1 g/mol. The number of hydrogen-bond acceptors (Lipinski definition) is 0. The summed E-state index contributed by atoms with van der Waals surface area (Å²) in [7, 11) is 2.12. The van der Waals surface area contributed by atoms with Gasteiger partial charge in [0.1, 0.15) is 7.05 Å². The molecule has 1 heteroatoms. The molecule has 0 saturated carbocycles. The second-order valence-electron chi connectivity index (χ2n) is 1.78. The third-order valence-corrected chi connectivity index (χ3v) is 1.26. The summed E-state index contributed by atoms with van der Waals surface area (Å²) in [4.78, 5) is 0. The van der Waals surface area contributed by atoms with E-state index < -0.39 is 0 Å². The molecule has 0 aliphatic carbocycles. The van der Waals surface area contributed by atoms with Gasteiger partial charge in [0.15, 0.2) is 0 Å². The average molecular weight is 84.1 g/mol. The first-order chi connectivity index (χ1) is 2.84. The lowest BCUT2D eigenvalue weighted by molar-refractivity contribution is -0.405. The molecule has 0 N–H and O–H groups in total. The van der Waals surface area contributed by atoms with Crippen molar-refractivity contribution in [2.45, 2.75) is 13.3 Å². The van der Waals surface area contributed by atoms with E-state index in [2.05, 4.69) is 18.5 Å². The zero-order chi connectivity index (χ0) is 4.57. The molecule has 0 saturated heterocycles. The Bertz CT molecular complexity index is 92.1. The lowest BCUT2D eigenvalue weighted by Gasteiger charge is -1.55. The fraction of sp³-hybridized carbons (Fsp3) is 0.800. The average Bonchev–Trinajstić information content (AvgIpc) is 2.19. The van der Waals surface area contributed by atoms with E-state index in [0.29, 0.717) is 0 Å². The van der Waals surface area contributed by atoms with Gasteiger partial charge < -0.3 is 0 Å². The first kappa shape index (κ1) is 3.85. The highest BCUT2D eigenvalue weighted by Gasteiger charge is 2.24. The molecule has 1 aliphatic heterocycles. The van der Waals surface area contributed by atoms with Crippen LogP contribution in [-0.2, 0) is 0 Å². The van der Waals surface area contributed by atoms with Gasteiger partial charge in [0.2, 0.25) is 12.3 Å². The van der Waals surface area contributed by atoms with Crippen molar-refractivity contribution < 1.29 is 4.58 Å². The van der Waals surface area contributed by atoms with E-state index in [1.807, 2.05) is 0 Å². The predicted octanol–water partition coefficient (Wildman–Crippen LogP) is 0.493. The van der Waals surface area contributed by atoms with Gasteiger partial charge in [-0.2, -0.15) is 0 Å². The molecule has 0 unspecified atom stereocenters. The van der Waals surface area contributed by atoms with E-state index in [1.54, 1.807) is 5.71 Å². The van der Waals surface area contributed by atoms with Crippen LogP contribution < -0.4 is 0 Å². The minimum absolute atomic E-state index is 1.25. The van der Waals surface area contributed by atoms with E-state index in [-0.39, 0.29) is 0 Å². The first-order valence-corrected chi connectivity index (χ1v) is 2.40. The van der Waals surface area contributed by atoms with E-state index in [1.165, 1.54) is 13.0 Å². The summed E-state index contributed by atoms with van der Waals surface area (Å²) in [5, 5.41) is 0. The zero-order valence-corrected chi connectivity index (χ0v) is 4.36. The van der Waals surface area contributed by atoms with Crippen LogP contribution in [-0.4, -0.2) is 23.9 Å². The van der Waals surface area contributed by atoms with Crippen LogP contribution in [0, 0.1) is 0 Å². The van der Waals surface area contributed by atoms with E-state index in [0.717, 1.165) is 0 Å². The van der Waals surface area contributed by atoms with Crippen LogP contribution in [0.1, 0.15) is 13.3 Å². The molecule has 1 rings (SSSR count). The molecule has 0 amide bonds. The molecule has 1 nitrogen and oxygen atoms in total. The van der Waals surface area contributed by atoms with Crippen molar-refractivity contribution in [3.8, 4) is 0 Å². The van der Waals surface area contributed by atoms with Crippen LogP contribution >= 0.6 is 0 Å². The molecule has 1 heterocycles. The second kappa shape index (κ2) is 1.07. The Morgan fingerprint density at radius 1 is 1.83 bits per heavy atom. The summed E-state index contributed by atoms with van der Waals surface area (Å²) in [5.41, 5.74) is 1.59. The molecular weight excluding hydrogens is 74.1 g/mol. The maximum Gasteiger partial charge on any atom is 0.221 e. The third-order valence-electron chi connectivity index (χ3n) is 1.26. The Labute approximate surface area is 38.3 Å². The number of nitrogens with zero attached hydrogens (tertiary/aromatic N) is 1. The largest absolute Gasteiger partial charge is 0.224 e. The van der Waals surface area contributed by atoms with Gasteiger partial charge in [-0.3, -0.25) is 0 Å². The fourth-order valence-corrected chi connectivity index (χ4v) is 0.620. The van der Waals surface area contributed by atoms with Gasteiger partial charge in [0.05, 0.1) is 0 Å². The Morgan fingerprint density at radius 3 is 2.33 bits per heavy atom. The first-order valence-electron chi connectivity index (χ1n) is 2.40. The highest BCUT2D eigenvalue weighted by atomic mass is 15.1. The summed E-state index contributed by atoms with van der Waals surface area (Å²) in [6.45, 7) is 3.44. The van der Waals surface area contributed by atoms with Gasteiger partial charge in [0.25, 0.3) is 0 Å². The highest BCUT2D eigenvalue weighted by Crippen LogP contribution is 1.96. The van der Waals surface area contributed by atoms with Gasteiger partial charge in [0, 0.05) is 6.42 Å². The molecule has 1 aliphatic rings. The second-order valence-corrected chi connectivity index (χ2v) is 1.78. The van der Waals surface area contributed by atoms with Crippen molar-refractivity contribution in [1.82, 2.24) is 0 Å². The van der Waals surface area contributed by atoms with Crippen LogP contribution in [0.5, 0.6) is 0 Å². The molecule has 0 bridgehead atoms. The maximum atomic E-state index is 2.26. The summed E-state index contributed by atoms with van der Waals surface area (Å²) in [6.07, 6.45) is 1.25. The van der Waals surface area contributed by atoms with Crippen molar-refractivity contribution in [3.63, 3.8) is 0 Å². The zero-order valence-electron chi connectivity index (χ0n) is 4.36. The smallest absolute Gasteiger partial charge is 0.221 e. The molecule has 6 heavy (non-hydrogen) atoms. The lowest BCUT2D eigenvalue weighted by atomic mass is 10.4. The van der Waals surface area contributed by atoms with Crippen LogP contribution in [0.25, 0.3) is 0 Å². The molecule has 0 aromatic carbocycles. The maximum absolute atomic E-state index is 2.26. The Balaban J connectivity index is 2.38. The molecule has 0 fully saturated rings.